The van der Waals surface area contributed by atoms with Crippen LogP contribution in [0.15, 0.2) is 58.8 Å². The zero-order chi connectivity index (χ0) is 22.0. The highest BCUT2D eigenvalue weighted by atomic mass is 32.2. The Morgan fingerprint density at radius 1 is 1.16 bits per heavy atom. The minimum Gasteiger partial charge on any atom is -0.302 e. The first-order chi connectivity index (χ1) is 14.8. The number of aryl methyl sites for hydroxylation is 2. The van der Waals surface area contributed by atoms with Crippen LogP contribution in [0.25, 0.3) is 11.3 Å². The average molecular weight is 456 g/mol. The molecule has 1 aromatic heterocycles. The zero-order valence-corrected chi connectivity index (χ0v) is 19.2. The average Bonchev–Trinajstić information content (AvgIpc) is 3.22. The van der Waals surface area contributed by atoms with E-state index in [9.17, 15) is 13.2 Å². The molecule has 0 bridgehead atoms. The van der Waals surface area contributed by atoms with Crippen molar-refractivity contribution in [3.63, 3.8) is 0 Å². The fraction of sp³-hybridized carbons (Fsp3) is 0.304. The Kier molecular flexibility index (Phi) is 6.22. The van der Waals surface area contributed by atoms with Gasteiger partial charge in [0.05, 0.1) is 16.5 Å². The van der Waals surface area contributed by atoms with Crippen LogP contribution in [0.5, 0.6) is 0 Å². The van der Waals surface area contributed by atoms with Crippen molar-refractivity contribution in [3.05, 3.63) is 65.0 Å². The number of aromatic nitrogens is 1. The Morgan fingerprint density at radius 3 is 2.68 bits per heavy atom. The summed E-state index contributed by atoms with van der Waals surface area (Å²) in [5, 5.41) is 5.35. The molecule has 2 aromatic carbocycles. The number of benzene rings is 2. The molecular weight excluding hydrogens is 430 g/mol. The Balaban J connectivity index is 1.45. The van der Waals surface area contributed by atoms with Gasteiger partial charge < -0.3 is 5.32 Å². The van der Waals surface area contributed by atoms with Crippen molar-refractivity contribution in [2.24, 2.45) is 5.92 Å². The van der Waals surface area contributed by atoms with Crippen LogP contribution in [0.4, 0.5) is 5.13 Å². The summed E-state index contributed by atoms with van der Waals surface area (Å²) in [4.78, 5) is 17.7. The van der Waals surface area contributed by atoms with Gasteiger partial charge in [0.15, 0.2) is 5.13 Å². The number of piperidine rings is 1. The lowest BCUT2D eigenvalue weighted by molar-refractivity contribution is -0.120. The van der Waals surface area contributed by atoms with Gasteiger partial charge in [0.25, 0.3) is 0 Å². The number of carbonyl (C=O) groups excluding carboxylic acids is 1. The van der Waals surface area contributed by atoms with Crippen molar-refractivity contribution in [2.45, 2.75) is 31.6 Å². The molecule has 162 valence electrons. The molecule has 1 aliphatic rings. The van der Waals surface area contributed by atoms with Crippen molar-refractivity contribution in [1.82, 2.24) is 9.29 Å². The second-order valence-corrected chi connectivity index (χ2v) is 10.7. The maximum absolute atomic E-state index is 12.9. The van der Waals surface area contributed by atoms with E-state index in [1.54, 1.807) is 30.3 Å². The third kappa shape index (κ3) is 4.71. The fourth-order valence-corrected chi connectivity index (χ4v) is 6.14. The molecule has 0 spiro atoms. The van der Waals surface area contributed by atoms with Gasteiger partial charge in [0.2, 0.25) is 15.9 Å². The SMILES string of the molecule is Cc1ccc(-c2csc(NC(=O)C3CCCN(S(=O)(=O)c4ccccc4)C3)n2)c(C)c1. The first-order valence-electron chi connectivity index (χ1n) is 10.2. The molecule has 1 fully saturated rings. The van der Waals surface area contributed by atoms with Gasteiger partial charge >= 0.3 is 0 Å². The summed E-state index contributed by atoms with van der Waals surface area (Å²) >= 11 is 1.38. The Labute approximate surface area is 187 Å². The zero-order valence-electron chi connectivity index (χ0n) is 17.5. The highest BCUT2D eigenvalue weighted by Gasteiger charge is 2.33. The van der Waals surface area contributed by atoms with Gasteiger partial charge in [-0.2, -0.15) is 4.31 Å². The van der Waals surface area contributed by atoms with Crippen LogP contribution in [0, 0.1) is 19.8 Å². The van der Waals surface area contributed by atoms with E-state index < -0.39 is 15.9 Å². The number of hydrogen-bond donors (Lipinski definition) is 1. The molecule has 31 heavy (non-hydrogen) atoms. The molecule has 6 nitrogen and oxygen atoms in total. The number of hydrogen-bond acceptors (Lipinski definition) is 5. The summed E-state index contributed by atoms with van der Waals surface area (Å²) in [7, 11) is -3.60. The molecular formula is C23H25N3O3S2. The third-order valence-electron chi connectivity index (χ3n) is 5.53. The maximum atomic E-state index is 12.9. The lowest BCUT2D eigenvalue weighted by Crippen LogP contribution is -2.43. The molecule has 1 amide bonds. The van der Waals surface area contributed by atoms with Gasteiger partial charge in [-0.15, -0.1) is 11.3 Å². The van der Waals surface area contributed by atoms with Gasteiger partial charge in [-0.1, -0.05) is 42.0 Å². The van der Waals surface area contributed by atoms with Crippen molar-refractivity contribution in [2.75, 3.05) is 18.4 Å². The minimum atomic E-state index is -3.60. The summed E-state index contributed by atoms with van der Waals surface area (Å²) in [6.45, 7) is 4.70. The monoisotopic (exact) mass is 455 g/mol. The molecule has 1 unspecified atom stereocenters. The van der Waals surface area contributed by atoms with E-state index >= 15 is 0 Å². The Morgan fingerprint density at radius 2 is 1.94 bits per heavy atom. The summed E-state index contributed by atoms with van der Waals surface area (Å²) in [5.74, 6) is -0.588. The van der Waals surface area contributed by atoms with Gasteiger partial charge in [0, 0.05) is 24.0 Å². The number of amides is 1. The first kappa shape index (κ1) is 21.7. The molecule has 0 aliphatic carbocycles. The summed E-state index contributed by atoms with van der Waals surface area (Å²) < 4.78 is 27.2. The summed E-state index contributed by atoms with van der Waals surface area (Å²) in [6, 6.07) is 14.6. The number of sulfonamides is 1. The van der Waals surface area contributed by atoms with Gasteiger partial charge in [-0.25, -0.2) is 13.4 Å². The van der Waals surface area contributed by atoms with Crippen molar-refractivity contribution in [3.8, 4) is 11.3 Å². The molecule has 4 rings (SSSR count). The summed E-state index contributed by atoms with van der Waals surface area (Å²) in [5.41, 5.74) is 4.20. The molecule has 0 radical (unpaired) electrons. The van der Waals surface area contributed by atoms with E-state index in [0.717, 1.165) is 16.8 Å². The van der Waals surface area contributed by atoms with E-state index in [0.29, 0.717) is 24.5 Å². The standard InChI is InChI=1S/C23H25N3O3S2/c1-16-10-11-20(17(2)13-16)21-15-30-23(24-21)25-22(27)18-7-6-12-26(14-18)31(28,29)19-8-4-3-5-9-19/h3-5,8-11,13,15,18H,6-7,12,14H2,1-2H3,(H,24,25,27). The fourth-order valence-electron chi connectivity index (χ4n) is 3.88. The molecule has 3 aromatic rings. The molecule has 8 heteroatoms. The molecule has 1 N–H and O–H groups in total. The van der Waals surface area contributed by atoms with E-state index in [2.05, 4.69) is 23.3 Å². The highest BCUT2D eigenvalue weighted by molar-refractivity contribution is 7.89. The number of nitrogens with zero attached hydrogens (tertiary/aromatic N) is 2. The number of nitrogens with one attached hydrogen (secondary N) is 1. The van der Waals surface area contributed by atoms with E-state index in [1.807, 2.05) is 24.4 Å². The van der Waals surface area contributed by atoms with E-state index in [1.165, 1.54) is 21.2 Å². The summed E-state index contributed by atoms with van der Waals surface area (Å²) in [6.07, 6.45) is 1.30. The normalized spacial score (nSPS) is 17.4. The molecule has 1 saturated heterocycles. The third-order valence-corrected chi connectivity index (χ3v) is 8.17. The van der Waals surface area contributed by atoms with E-state index in [4.69, 9.17) is 0 Å². The van der Waals surface area contributed by atoms with Crippen molar-refractivity contribution >= 4 is 32.4 Å². The van der Waals surface area contributed by atoms with Crippen LogP contribution in [0.2, 0.25) is 0 Å². The van der Waals surface area contributed by atoms with Crippen LogP contribution < -0.4 is 5.32 Å². The predicted molar refractivity (Wildman–Crippen MR) is 124 cm³/mol. The van der Waals surface area contributed by atoms with Crippen LogP contribution in [0.3, 0.4) is 0 Å². The molecule has 1 atom stereocenters. The first-order valence-corrected chi connectivity index (χ1v) is 12.6. The Hall–Kier alpha value is -2.55. The van der Waals surface area contributed by atoms with Gasteiger partial charge in [-0.05, 0) is 44.4 Å². The molecule has 0 saturated carbocycles. The van der Waals surface area contributed by atoms with Gasteiger partial charge in [-0.3, -0.25) is 4.79 Å². The minimum absolute atomic E-state index is 0.179. The van der Waals surface area contributed by atoms with Crippen LogP contribution >= 0.6 is 11.3 Å². The van der Waals surface area contributed by atoms with E-state index in [-0.39, 0.29) is 17.3 Å². The smallest absolute Gasteiger partial charge is 0.243 e. The Bertz CT molecular complexity index is 1190. The largest absolute Gasteiger partial charge is 0.302 e. The lowest BCUT2D eigenvalue weighted by atomic mass is 9.99. The lowest BCUT2D eigenvalue weighted by Gasteiger charge is -2.31. The maximum Gasteiger partial charge on any atom is 0.243 e. The number of carbonyl (C=O) groups is 1. The number of anilines is 1. The quantitative estimate of drug-likeness (QED) is 0.616. The van der Waals surface area contributed by atoms with Crippen LogP contribution in [-0.2, 0) is 14.8 Å². The molecule has 2 heterocycles. The highest BCUT2D eigenvalue weighted by Crippen LogP contribution is 2.29. The topological polar surface area (TPSA) is 79.4 Å². The van der Waals surface area contributed by atoms with Crippen LogP contribution in [0.1, 0.15) is 24.0 Å². The van der Waals surface area contributed by atoms with Crippen molar-refractivity contribution < 1.29 is 13.2 Å². The number of thiazole rings is 1. The van der Waals surface area contributed by atoms with Gasteiger partial charge in [0.1, 0.15) is 0 Å². The second-order valence-electron chi connectivity index (χ2n) is 7.86. The van der Waals surface area contributed by atoms with Crippen LogP contribution in [-0.4, -0.2) is 36.7 Å². The predicted octanol–water partition coefficient (Wildman–Crippen LogP) is 4.47. The molecule has 1 aliphatic heterocycles. The van der Waals surface area contributed by atoms with Crippen molar-refractivity contribution in [1.29, 1.82) is 0 Å². The number of rotatable bonds is 5. The second kappa shape index (κ2) is 8.90.